The molecule has 3 heterocycles. The molecule has 14 nitrogen and oxygen atoms in total. The number of rotatable bonds is 4. The number of phenols is 4. The predicted octanol–water partition coefficient (Wildman–Crippen LogP) is -0.323. The molecule has 3 aromatic rings. The average molecular weight is 579 g/mol. The molecule has 0 amide bonds. The Labute approximate surface area is 231 Å². The first kappa shape index (κ1) is 29.0. The van der Waals surface area contributed by atoms with Gasteiger partial charge in [-0.15, -0.1) is 0 Å². The van der Waals surface area contributed by atoms with E-state index in [0.29, 0.717) is 0 Å². The van der Waals surface area contributed by atoms with Crippen molar-refractivity contribution >= 4 is 11.0 Å². The molecule has 41 heavy (non-hydrogen) atoms. The van der Waals surface area contributed by atoms with Crippen LogP contribution in [0.15, 0.2) is 39.5 Å². The molecule has 2 fully saturated rings. The molecule has 2 saturated heterocycles. The zero-order valence-electron chi connectivity index (χ0n) is 21.7. The molecule has 0 bridgehead atoms. The summed E-state index contributed by atoms with van der Waals surface area (Å²) >= 11 is 0. The number of ether oxygens (including phenoxy) is 3. The van der Waals surface area contributed by atoms with Gasteiger partial charge in [0.25, 0.3) is 0 Å². The number of fused-ring (bicyclic) bond motifs is 1. The van der Waals surface area contributed by atoms with Gasteiger partial charge < -0.3 is 64.6 Å². The Hall–Kier alpha value is -3.47. The van der Waals surface area contributed by atoms with E-state index < -0.39 is 95.2 Å². The van der Waals surface area contributed by atoms with Gasteiger partial charge in [0.1, 0.15) is 71.0 Å². The number of aromatic hydroxyl groups is 4. The van der Waals surface area contributed by atoms with Crippen molar-refractivity contribution in [1.82, 2.24) is 0 Å². The summed E-state index contributed by atoms with van der Waals surface area (Å²) in [5, 5.41) is 93.2. The molecule has 1 aromatic heterocycles. The van der Waals surface area contributed by atoms with Crippen LogP contribution in [0, 0.1) is 0 Å². The summed E-state index contributed by atoms with van der Waals surface area (Å²) in [5.41, 5.74) is -1.20. The minimum atomic E-state index is -1.78. The first-order chi connectivity index (χ1) is 19.3. The van der Waals surface area contributed by atoms with Crippen LogP contribution in [0.1, 0.15) is 25.5 Å². The zero-order chi connectivity index (χ0) is 29.9. The minimum Gasteiger partial charge on any atom is -0.507 e. The highest BCUT2D eigenvalue weighted by molar-refractivity contribution is 5.88. The average Bonchev–Trinajstić information content (AvgIpc) is 2.92. The third kappa shape index (κ3) is 4.98. The Morgan fingerprint density at radius 1 is 0.732 bits per heavy atom. The van der Waals surface area contributed by atoms with Crippen LogP contribution in [0.2, 0.25) is 0 Å². The fourth-order valence-corrected chi connectivity index (χ4v) is 5.11. The quantitative estimate of drug-likeness (QED) is 0.180. The van der Waals surface area contributed by atoms with E-state index in [9.17, 15) is 50.8 Å². The number of benzene rings is 2. The van der Waals surface area contributed by atoms with E-state index in [4.69, 9.17) is 18.6 Å². The summed E-state index contributed by atoms with van der Waals surface area (Å²) in [6.45, 7) is 2.82. The fraction of sp³-hybridized carbons (Fsp3) is 0.444. The second-order valence-corrected chi connectivity index (χ2v) is 10.2. The van der Waals surface area contributed by atoms with Gasteiger partial charge in [0.2, 0.25) is 0 Å². The molecule has 2 unspecified atom stereocenters. The van der Waals surface area contributed by atoms with Gasteiger partial charge in [0.05, 0.1) is 17.8 Å². The molecule has 9 N–H and O–H groups in total. The molecule has 2 aromatic carbocycles. The number of aliphatic hydroxyl groups excluding tert-OH is 5. The monoisotopic (exact) mass is 578 g/mol. The first-order valence-electron chi connectivity index (χ1n) is 12.7. The van der Waals surface area contributed by atoms with Gasteiger partial charge in [-0.3, -0.25) is 4.79 Å². The summed E-state index contributed by atoms with van der Waals surface area (Å²) in [6, 6.07) is 5.75. The van der Waals surface area contributed by atoms with E-state index in [2.05, 4.69) is 0 Å². The lowest BCUT2D eigenvalue weighted by atomic mass is 9.89. The van der Waals surface area contributed by atoms with Gasteiger partial charge in [-0.25, -0.2) is 0 Å². The second-order valence-electron chi connectivity index (χ2n) is 10.2. The molecule has 0 radical (unpaired) electrons. The highest BCUT2D eigenvalue weighted by Crippen LogP contribution is 2.46. The maximum Gasteiger partial charge on any atom is 0.197 e. The van der Waals surface area contributed by atoms with E-state index in [0.717, 1.165) is 18.2 Å². The molecule has 5 rings (SSSR count). The summed E-state index contributed by atoms with van der Waals surface area (Å²) in [4.78, 5) is 13.1. The van der Waals surface area contributed by atoms with Gasteiger partial charge in [-0.1, -0.05) is 0 Å². The SMILES string of the molecule is C[C@@H]1O[C@H](O[C@@H]2[C@H](O)C(O)[C@@H](C)O[C@H]2c2c(O)cc3oc(-c4ccc(O)c(O)c4)cc(=O)c3c2O)[C@@H](O)[C@@H](O)C1O. The summed E-state index contributed by atoms with van der Waals surface area (Å²) in [7, 11) is 0. The van der Waals surface area contributed by atoms with Crippen molar-refractivity contribution in [2.45, 2.75) is 75.1 Å². The van der Waals surface area contributed by atoms with Gasteiger partial charge in [0.15, 0.2) is 23.2 Å². The van der Waals surface area contributed by atoms with Crippen molar-refractivity contribution < 1.29 is 64.6 Å². The molecule has 0 saturated carbocycles. The maximum absolute atomic E-state index is 13.1. The van der Waals surface area contributed by atoms with E-state index in [1.54, 1.807) is 0 Å². The Bertz CT molecular complexity index is 1500. The Kier molecular flexibility index (Phi) is 7.61. The summed E-state index contributed by atoms with van der Waals surface area (Å²) < 4.78 is 22.7. The normalized spacial score (nSPS) is 34.1. The van der Waals surface area contributed by atoms with E-state index in [-0.39, 0.29) is 22.3 Å². The van der Waals surface area contributed by atoms with Gasteiger partial charge in [0, 0.05) is 17.7 Å². The van der Waals surface area contributed by atoms with Crippen molar-refractivity contribution in [2.75, 3.05) is 0 Å². The third-order valence-electron chi connectivity index (χ3n) is 7.48. The smallest absolute Gasteiger partial charge is 0.197 e. The molecule has 2 aliphatic heterocycles. The second kappa shape index (κ2) is 10.7. The van der Waals surface area contributed by atoms with Crippen molar-refractivity contribution in [2.24, 2.45) is 0 Å². The molecule has 0 aliphatic carbocycles. The van der Waals surface area contributed by atoms with Crippen molar-refractivity contribution in [3.8, 4) is 34.3 Å². The van der Waals surface area contributed by atoms with Crippen LogP contribution in [0.4, 0.5) is 0 Å². The number of hydrogen-bond acceptors (Lipinski definition) is 14. The molecule has 222 valence electrons. The van der Waals surface area contributed by atoms with Gasteiger partial charge >= 0.3 is 0 Å². The molecule has 10 atom stereocenters. The standard InChI is InChI=1S/C27H30O14/c1-8-20(33)23(36)26(41-27-24(37)22(35)19(32)9(2)39-27)25(38-8)18-14(31)7-16-17(21(18)34)13(30)6-15(40-16)10-3-4-11(28)12(29)5-10/h3-9,19-20,22-29,31-37H,1-2H3/t8-,9+,19?,20?,22+,23-,24+,25+,26-,27-/m1/s1. The minimum absolute atomic E-state index is 0.0510. The lowest BCUT2D eigenvalue weighted by Gasteiger charge is -2.46. The lowest BCUT2D eigenvalue weighted by Crippen LogP contribution is -2.61. The molecular formula is C27H30O14. The van der Waals surface area contributed by atoms with Crippen molar-refractivity contribution in [3.63, 3.8) is 0 Å². The lowest BCUT2D eigenvalue weighted by molar-refractivity contribution is -0.336. The maximum atomic E-state index is 13.1. The van der Waals surface area contributed by atoms with Gasteiger partial charge in [-0.2, -0.15) is 0 Å². The van der Waals surface area contributed by atoms with E-state index >= 15 is 0 Å². The highest BCUT2D eigenvalue weighted by atomic mass is 16.7. The summed E-state index contributed by atoms with van der Waals surface area (Å²) in [5.74, 6) is -2.34. The van der Waals surface area contributed by atoms with Crippen LogP contribution in [-0.4, -0.2) is 101 Å². The topological polar surface area (TPSA) is 240 Å². The number of aliphatic hydroxyl groups is 5. The zero-order valence-corrected chi connectivity index (χ0v) is 21.7. The number of hydrogen-bond donors (Lipinski definition) is 9. The molecule has 0 spiro atoms. The molecule has 14 heteroatoms. The van der Waals surface area contributed by atoms with Crippen molar-refractivity contribution in [3.05, 3.63) is 46.1 Å². The van der Waals surface area contributed by atoms with E-state index in [1.807, 2.05) is 0 Å². The highest BCUT2D eigenvalue weighted by Gasteiger charge is 2.50. The van der Waals surface area contributed by atoms with Crippen LogP contribution in [-0.2, 0) is 14.2 Å². The Balaban J connectivity index is 1.58. The Morgan fingerprint density at radius 3 is 2.07 bits per heavy atom. The Morgan fingerprint density at radius 2 is 1.39 bits per heavy atom. The largest absolute Gasteiger partial charge is 0.507 e. The number of phenolic OH excluding ortho intramolecular Hbond substituents is 4. The molecular weight excluding hydrogens is 548 g/mol. The van der Waals surface area contributed by atoms with Crippen molar-refractivity contribution in [1.29, 1.82) is 0 Å². The fourth-order valence-electron chi connectivity index (χ4n) is 5.11. The predicted molar refractivity (Wildman–Crippen MR) is 137 cm³/mol. The van der Waals surface area contributed by atoms with Crippen LogP contribution < -0.4 is 5.43 Å². The van der Waals surface area contributed by atoms with E-state index in [1.165, 1.54) is 26.0 Å². The third-order valence-corrected chi connectivity index (χ3v) is 7.48. The van der Waals surface area contributed by atoms with Crippen LogP contribution in [0.3, 0.4) is 0 Å². The first-order valence-corrected chi connectivity index (χ1v) is 12.7. The summed E-state index contributed by atoms with van der Waals surface area (Å²) in [6.07, 6.45) is -15.0. The molecule has 2 aliphatic rings. The van der Waals surface area contributed by atoms with Crippen LogP contribution in [0.25, 0.3) is 22.3 Å². The van der Waals surface area contributed by atoms with Crippen LogP contribution in [0.5, 0.6) is 23.0 Å². The van der Waals surface area contributed by atoms with Gasteiger partial charge in [-0.05, 0) is 32.0 Å². The van der Waals surface area contributed by atoms with Crippen LogP contribution >= 0.6 is 0 Å².